The summed E-state index contributed by atoms with van der Waals surface area (Å²) in [5, 5.41) is 20.3. The molecule has 2 unspecified atom stereocenters. The van der Waals surface area contributed by atoms with Gasteiger partial charge < -0.3 is 9.84 Å². The Morgan fingerprint density at radius 3 is 2.50 bits per heavy atom. The van der Waals surface area contributed by atoms with Crippen molar-refractivity contribution in [3.05, 3.63) is 42.4 Å². The fourth-order valence-electron chi connectivity index (χ4n) is 2.38. The molecule has 0 spiro atoms. The summed E-state index contributed by atoms with van der Waals surface area (Å²) >= 11 is 0. The second-order valence-corrected chi connectivity index (χ2v) is 5.20. The molecule has 2 atom stereocenters. The Morgan fingerprint density at radius 2 is 1.88 bits per heavy atom. The maximum absolute atomic E-state index is 13.0. The van der Waals surface area contributed by atoms with Gasteiger partial charge in [0, 0.05) is 5.39 Å². The van der Waals surface area contributed by atoms with Gasteiger partial charge in [0.25, 0.3) is 6.43 Å². The number of hydrogen-bond acceptors (Lipinski definition) is 6. The van der Waals surface area contributed by atoms with Crippen LogP contribution in [0.5, 0.6) is 5.75 Å². The number of alkyl halides is 5. The molecule has 1 aromatic carbocycles. The van der Waals surface area contributed by atoms with Crippen molar-refractivity contribution >= 4 is 10.9 Å². The van der Waals surface area contributed by atoms with E-state index in [-0.39, 0.29) is 16.6 Å². The lowest BCUT2D eigenvalue weighted by Gasteiger charge is -2.21. The molecule has 0 fully saturated rings. The van der Waals surface area contributed by atoms with Gasteiger partial charge >= 0.3 is 6.36 Å². The van der Waals surface area contributed by atoms with Crippen LogP contribution >= 0.6 is 0 Å². The van der Waals surface area contributed by atoms with Crippen LogP contribution in [0.2, 0.25) is 0 Å². The van der Waals surface area contributed by atoms with Crippen LogP contribution in [-0.4, -0.2) is 49.2 Å². The molecule has 1 N–H and O–H groups in total. The van der Waals surface area contributed by atoms with Crippen LogP contribution in [0.25, 0.3) is 10.9 Å². The topological polar surface area (TPSA) is 86.0 Å². The van der Waals surface area contributed by atoms with Gasteiger partial charge in [-0.1, -0.05) is 6.07 Å². The zero-order valence-electron chi connectivity index (χ0n) is 12.7. The molecule has 0 saturated carbocycles. The van der Waals surface area contributed by atoms with Gasteiger partial charge in [-0.05, 0) is 34.7 Å². The number of aliphatic hydroxyl groups excluding tert-OH is 1. The van der Waals surface area contributed by atoms with Gasteiger partial charge in [0.1, 0.15) is 24.2 Å². The highest BCUT2D eigenvalue weighted by Gasteiger charge is 2.33. The molecular formula is C14H10F5N5O2. The first-order valence-corrected chi connectivity index (χ1v) is 7.10. The normalized spacial score (nSPS) is 14.6. The number of tetrazole rings is 1. The van der Waals surface area contributed by atoms with Crippen LogP contribution in [-0.2, 0) is 0 Å². The number of hydrogen-bond donors (Lipinski definition) is 1. The number of benzene rings is 1. The monoisotopic (exact) mass is 375 g/mol. The zero-order valence-corrected chi connectivity index (χ0v) is 12.7. The third-order valence-electron chi connectivity index (χ3n) is 3.45. The van der Waals surface area contributed by atoms with Gasteiger partial charge in [0.15, 0.2) is 0 Å². The molecule has 2 aromatic heterocycles. The lowest BCUT2D eigenvalue weighted by Crippen LogP contribution is -2.32. The quantitative estimate of drug-likeness (QED) is 0.689. The van der Waals surface area contributed by atoms with Gasteiger partial charge in [-0.25, -0.2) is 13.5 Å². The van der Waals surface area contributed by atoms with Crippen molar-refractivity contribution in [3.8, 4) is 5.75 Å². The summed E-state index contributed by atoms with van der Waals surface area (Å²) in [7, 11) is 0. The van der Waals surface area contributed by atoms with Crippen LogP contribution in [0, 0.1) is 0 Å². The van der Waals surface area contributed by atoms with E-state index in [4.69, 9.17) is 0 Å². The molecule has 0 radical (unpaired) electrons. The number of fused-ring (bicyclic) bond motifs is 1. The van der Waals surface area contributed by atoms with Crippen molar-refractivity contribution in [3.63, 3.8) is 0 Å². The van der Waals surface area contributed by atoms with E-state index in [0.29, 0.717) is 0 Å². The maximum atomic E-state index is 13.0. The Bertz CT molecular complexity index is 887. The summed E-state index contributed by atoms with van der Waals surface area (Å²) in [5.74, 6) is -0.441. The molecule has 0 aliphatic rings. The predicted molar refractivity (Wildman–Crippen MR) is 76.4 cm³/mol. The van der Waals surface area contributed by atoms with Crippen molar-refractivity contribution in [1.82, 2.24) is 25.2 Å². The summed E-state index contributed by atoms with van der Waals surface area (Å²) in [6, 6.07) is 4.68. The summed E-state index contributed by atoms with van der Waals surface area (Å²) < 4.78 is 67.6. The first-order valence-electron chi connectivity index (χ1n) is 7.10. The maximum Gasteiger partial charge on any atom is 0.573 e. The summed E-state index contributed by atoms with van der Waals surface area (Å²) in [6.07, 6.45) is -9.03. The van der Waals surface area contributed by atoms with E-state index in [1.807, 2.05) is 0 Å². The molecular weight excluding hydrogens is 365 g/mol. The highest BCUT2D eigenvalue weighted by Crippen LogP contribution is 2.29. The molecule has 0 aliphatic carbocycles. The number of ether oxygens (including phenoxy) is 1. The number of aliphatic hydroxyl groups is 1. The SMILES string of the molecule is OC(C(F)F)C(c1ccc2cc(OC(F)(F)F)ccc2n1)n1cnnn1. The van der Waals surface area contributed by atoms with Crippen LogP contribution in [0.1, 0.15) is 11.7 Å². The van der Waals surface area contributed by atoms with Gasteiger partial charge in [0.05, 0.1) is 11.2 Å². The third-order valence-corrected chi connectivity index (χ3v) is 3.45. The highest BCUT2D eigenvalue weighted by atomic mass is 19.4. The number of nitrogens with zero attached hydrogens (tertiary/aromatic N) is 5. The van der Waals surface area contributed by atoms with Crippen LogP contribution in [0.4, 0.5) is 22.0 Å². The molecule has 3 rings (SSSR count). The Kier molecular flexibility index (Phi) is 4.68. The molecule has 26 heavy (non-hydrogen) atoms. The van der Waals surface area contributed by atoms with E-state index in [9.17, 15) is 27.1 Å². The van der Waals surface area contributed by atoms with E-state index in [2.05, 4.69) is 25.2 Å². The summed E-state index contributed by atoms with van der Waals surface area (Å²) in [6.45, 7) is 0. The predicted octanol–water partition coefficient (Wildman–Crippen LogP) is 2.34. The first kappa shape index (κ1) is 17.9. The average Bonchev–Trinajstić information content (AvgIpc) is 3.07. The lowest BCUT2D eigenvalue weighted by molar-refractivity contribution is -0.274. The van der Waals surface area contributed by atoms with E-state index in [0.717, 1.165) is 23.1 Å². The fraction of sp³-hybridized carbons (Fsp3) is 0.286. The van der Waals surface area contributed by atoms with Gasteiger partial charge in [-0.15, -0.1) is 18.3 Å². The number of rotatable bonds is 5. The average molecular weight is 375 g/mol. The molecule has 0 amide bonds. The first-order chi connectivity index (χ1) is 12.2. The fourth-order valence-corrected chi connectivity index (χ4v) is 2.38. The van der Waals surface area contributed by atoms with Crippen molar-refractivity contribution in [2.75, 3.05) is 0 Å². The molecule has 0 bridgehead atoms. The van der Waals surface area contributed by atoms with Crippen molar-refractivity contribution in [2.24, 2.45) is 0 Å². The van der Waals surface area contributed by atoms with E-state index >= 15 is 0 Å². The van der Waals surface area contributed by atoms with E-state index in [1.165, 1.54) is 18.2 Å². The lowest BCUT2D eigenvalue weighted by atomic mass is 10.1. The Morgan fingerprint density at radius 1 is 1.12 bits per heavy atom. The second kappa shape index (κ2) is 6.78. The second-order valence-electron chi connectivity index (χ2n) is 5.20. The van der Waals surface area contributed by atoms with Crippen LogP contribution in [0.15, 0.2) is 36.7 Å². The standard InChI is InChI=1S/C14H10F5N5O2/c15-13(16)12(25)11(24-6-20-22-23-24)10-3-1-7-5-8(26-14(17,18)19)2-4-9(7)21-10/h1-6,11-13,25H. The number of halogens is 5. The van der Waals surface area contributed by atoms with Gasteiger partial charge in [-0.3, -0.25) is 4.98 Å². The summed E-state index contributed by atoms with van der Waals surface area (Å²) in [5.41, 5.74) is 0.235. The van der Waals surface area contributed by atoms with Crippen molar-refractivity contribution < 1.29 is 31.8 Å². The van der Waals surface area contributed by atoms with Gasteiger partial charge in [-0.2, -0.15) is 0 Å². The Balaban J connectivity index is 2.00. The molecule has 3 aromatic rings. The molecule has 2 heterocycles. The number of pyridine rings is 1. The third kappa shape index (κ3) is 3.85. The van der Waals surface area contributed by atoms with Gasteiger partial charge in [0.2, 0.25) is 0 Å². The highest BCUT2D eigenvalue weighted by molar-refractivity contribution is 5.80. The van der Waals surface area contributed by atoms with Crippen molar-refractivity contribution in [1.29, 1.82) is 0 Å². The minimum Gasteiger partial charge on any atom is -0.406 e. The molecule has 7 nitrogen and oxygen atoms in total. The molecule has 12 heteroatoms. The smallest absolute Gasteiger partial charge is 0.406 e. The Labute approximate surface area is 142 Å². The summed E-state index contributed by atoms with van der Waals surface area (Å²) in [4.78, 5) is 4.13. The van der Waals surface area contributed by atoms with Crippen molar-refractivity contribution in [2.45, 2.75) is 24.9 Å². The molecule has 0 saturated heterocycles. The van der Waals surface area contributed by atoms with Crippen LogP contribution in [0.3, 0.4) is 0 Å². The largest absolute Gasteiger partial charge is 0.573 e. The zero-order chi connectivity index (χ0) is 18.9. The number of aromatic nitrogens is 5. The minimum atomic E-state index is -4.84. The van der Waals surface area contributed by atoms with Crippen LogP contribution < -0.4 is 4.74 Å². The van der Waals surface area contributed by atoms with E-state index in [1.54, 1.807) is 0 Å². The molecule has 0 aliphatic heterocycles. The molecule has 138 valence electrons. The van der Waals surface area contributed by atoms with E-state index < -0.39 is 30.7 Å². The Hall–Kier alpha value is -2.89. The minimum absolute atomic E-state index is 0.0158.